The molecule has 1 aromatic carbocycles. The van der Waals surface area contributed by atoms with Crippen LogP contribution in [0.15, 0.2) is 23.2 Å². The van der Waals surface area contributed by atoms with Crippen molar-refractivity contribution >= 4 is 34.5 Å². The van der Waals surface area contributed by atoms with E-state index >= 15 is 0 Å². The van der Waals surface area contributed by atoms with Gasteiger partial charge in [-0.1, -0.05) is 11.8 Å². The van der Waals surface area contributed by atoms with Crippen molar-refractivity contribution in [2.75, 3.05) is 12.9 Å². The van der Waals surface area contributed by atoms with E-state index in [-0.39, 0.29) is 17.2 Å². The minimum Gasteiger partial charge on any atom is -0.497 e. The van der Waals surface area contributed by atoms with E-state index < -0.39 is 5.97 Å². The first-order chi connectivity index (χ1) is 8.60. The maximum atomic E-state index is 11.1. The number of carbonyl (C=O) groups is 2. The summed E-state index contributed by atoms with van der Waals surface area (Å²) in [5.41, 5.74) is 0.316. The van der Waals surface area contributed by atoms with Gasteiger partial charge < -0.3 is 15.2 Å². The summed E-state index contributed by atoms with van der Waals surface area (Å²) in [5, 5.41) is 12.0. The molecule has 0 spiro atoms. The van der Waals surface area contributed by atoms with Gasteiger partial charge in [-0.05, 0) is 18.2 Å². The summed E-state index contributed by atoms with van der Waals surface area (Å²) in [5.74, 6) is -0.483. The van der Waals surface area contributed by atoms with Crippen LogP contribution in [-0.4, -0.2) is 35.0 Å². The lowest BCUT2D eigenvalue weighted by Gasteiger charge is -2.05. The molecule has 1 aliphatic rings. The van der Waals surface area contributed by atoms with Gasteiger partial charge in [-0.3, -0.25) is 4.79 Å². The number of hydrogen-bond donors (Lipinski definition) is 2. The number of amidine groups is 1. The van der Waals surface area contributed by atoms with Crippen LogP contribution in [0.4, 0.5) is 5.69 Å². The molecule has 0 aromatic heterocycles. The molecule has 0 bridgehead atoms. The Morgan fingerprint density at radius 1 is 1.56 bits per heavy atom. The van der Waals surface area contributed by atoms with Crippen molar-refractivity contribution in [1.82, 2.24) is 5.32 Å². The second kappa shape index (κ2) is 5.09. The molecule has 1 heterocycles. The fourth-order valence-electron chi connectivity index (χ4n) is 1.41. The number of carboxylic acid groups (broad SMARTS) is 1. The van der Waals surface area contributed by atoms with E-state index in [1.54, 1.807) is 12.1 Å². The van der Waals surface area contributed by atoms with Crippen LogP contribution in [0.1, 0.15) is 10.4 Å². The number of hydrogen-bond acceptors (Lipinski definition) is 5. The molecule has 94 valence electrons. The number of nitrogens with one attached hydrogen (secondary N) is 1. The van der Waals surface area contributed by atoms with Gasteiger partial charge in [-0.15, -0.1) is 0 Å². The molecule has 1 fully saturated rings. The Morgan fingerprint density at radius 2 is 2.33 bits per heavy atom. The number of nitrogens with zero attached hydrogens (tertiary/aromatic N) is 1. The smallest absolute Gasteiger partial charge is 0.338 e. The lowest BCUT2D eigenvalue weighted by Crippen LogP contribution is -2.19. The first kappa shape index (κ1) is 12.4. The summed E-state index contributed by atoms with van der Waals surface area (Å²) in [6, 6.07) is 4.55. The zero-order chi connectivity index (χ0) is 13.1. The summed E-state index contributed by atoms with van der Waals surface area (Å²) in [4.78, 5) is 26.2. The number of aromatic carboxylic acids is 1. The van der Waals surface area contributed by atoms with Gasteiger partial charge >= 0.3 is 5.97 Å². The first-order valence-electron chi connectivity index (χ1n) is 5.03. The van der Waals surface area contributed by atoms with Crippen LogP contribution in [0.3, 0.4) is 0 Å². The predicted octanol–water partition coefficient (Wildman–Crippen LogP) is 1.24. The fraction of sp³-hybridized carbons (Fsp3) is 0.182. The Morgan fingerprint density at radius 3 is 2.89 bits per heavy atom. The SMILES string of the molecule is COc1ccc(N=C2NC(=O)CS2)c(C(=O)O)c1. The maximum absolute atomic E-state index is 11.1. The van der Waals surface area contributed by atoms with E-state index in [4.69, 9.17) is 9.84 Å². The summed E-state index contributed by atoms with van der Waals surface area (Å²) in [7, 11) is 1.46. The molecule has 2 N–H and O–H groups in total. The maximum Gasteiger partial charge on any atom is 0.338 e. The molecule has 0 radical (unpaired) electrons. The van der Waals surface area contributed by atoms with Crippen molar-refractivity contribution in [3.8, 4) is 5.75 Å². The molecule has 1 saturated heterocycles. The number of amides is 1. The van der Waals surface area contributed by atoms with Gasteiger partial charge in [0.1, 0.15) is 5.75 Å². The summed E-state index contributed by atoms with van der Waals surface area (Å²) in [6.07, 6.45) is 0. The number of carbonyl (C=O) groups excluding carboxylic acids is 1. The second-order valence-corrected chi connectivity index (χ2v) is 4.41. The zero-order valence-electron chi connectivity index (χ0n) is 9.47. The molecule has 0 unspecified atom stereocenters. The molecule has 1 amide bonds. The van der Waals surface area contributed by atoms with Crippen LogP contribution < -0.4 is 10.1 Å². The van der Waals surface area contributed by atoms with Crippen LogP contribution in [0.5, 0.6) is 5.75 Å². The third-order valence-corrected chi connectivity index (χ3v) is 3.12. The van der Waals surface area contributed by atoms with E-state index in [9.17, 15) is 9.59 Å². The lowest BCUT2D eigenvalue weighted by atomic mass is 10.1. The molecule has 6 nitrogen and oxygen atoms in total. The summed E-state index contributed by atoms with van der Waals surface area (Å²) in [6.45, 7) is 0. The van der Waals surface area contributed by atoms with Crippen molar-refractivity contribution in [2.24, 2.45) is 4.99 Å². The molecule has 0 saturated carbocycles. The Bertz CT molecular complexity index is 542. The van der Waals surface area contributed by atoms with Gasteiger partial charge in [-0.2, -0.15) is 0 Å². The van der Waals surface area contributed by atoms with Crippen molar-refractivity contribution in [3.63, 3.8) is 0 Å². The Balaban J connectivity index is 2.38. The number of ether oxygens (including phenoxy) is 1. The number of thioether (sulfide) groups is 1. The van der Waals surface area contributed by atoms with Gasteiger partial charge in [-0.25, -0.2) is 9.79 Å². The van der Waals surface area contributed by atoms with E-state index in [2.05, 4.69) is 10.3 Å². The van der Waals surface area contributed by atoms with Crippen LogP contribution in [0, 0.1) is 0 Å². The largest absolute Gasteiger partial charge is 0.497 e. The summed E-state index contributed by atoms with van der Waals surface area (Å²) < 4.78 is 4.96. The van der Waals surface area contributed by atoms with Gasteiger partial charge in [0.25, 0.3) is 0 Å². The van der Waals surface area contributed by atoms with E-state index in [1.807, 2.05) is 0 Å². The first-order valence-corrected chi connectivity index (χ1v) is 6.01. The Labute approximate surface area is 107 Å². The number of carboxylic acids is 1. The molecule has 1 aromatic rings. The molecule has 0 aliphatic carbocycles. The van der Waals surface area contributed by atoms with Gasteiger partial charge in [0, 0.05) is 0 Å². The molecule has 18 heavy (non-hydrogen) atoms. The molecule has 7 heteroatoms. The van der Waals surface area contributed by atoms with Crippen LogP contribution in [0.25, 0.3) is 0 Å². The second-order valence-electron chi connectivity index (χ2n) is 3.44. The lowest BCUT2D eigenvalue weighted by molar-refractivity contribution is -0.116. The van der Waals surface area contributed by atoms with E-state index in [0.29, 0.717) is 16.7 Å². The summed E-state index contributed by atoms with van der Waals surface area (Å²) >= 11 is 1.24. The Hall–Kier alpha value is -2.02. The van der Waals surface area contributed by atoms with Crippen LogP contribution >= 0.6 is 11.8 Å². The van der Waals surface area contributed by atoms with E-state index in [1.165, 1.54) is 24.9 Å². The molecule has 2 rings (SSSR count). The highest BCUT2D eigenvalue weighted by molar-refractivity contribution is 8.15. The average Bonchev–Trinajstić information content (AvgIpc) is 2.75. The quantitative estimate of drug-likeness (QED) is 0.859. The number of benzene rings is 1. The Kier molecular flexibility index (Phi) is 3.52. The molecule has 0 atom stereocenters. The fourth-order valence-corrected chi connectivity index (χ4v) is 2.09. The standard InChI is InChI=1S/C11H10N2O4S/c1-17-6-2-3-8(7(4-6)10(15)16)12-11-13-9(14)5-18-11/h2-4H,5H2,1H3,(H,15,16)(H,12,13,14). The number of methoxy groups -OCH3 is 1. The van der Waals surface area contributed by atoms with Crippen molar-refractivity contribution in [1.29, 1.82) is 0 Å². The van der Waals surface area contributed by atoms with Crippen LogP contribution in [0.2, 0.25) is 0 Å². The highest BCUT2D eigenvalue weighted by Crippen LogP contribution is 2.26. The highest BCUT2D eigenvalue weighted by atomic mass is 32.2. The third-order valence-electron chi connectivity index (χ3n) is 2.24. The third kappa shape index (κ3) is 2.62. The van der Waals surface area contributed by atoms with Crippen LogP contribution in [-0.2, 0) is 4.79 Å². The van der Waals surface area contributed by atoms with E-state index in [0.717, 1.165) is 0 Å². The minimum atomic E-state index is -1.09. The van der Waals surface area contributed by atoms with Crippen molar-refractivity contribution in [2.45, 2.75) is 0 Å². The average molecular weight is 266 g/mol. The number of rotatable bonds is 3. The molecule has 1 aliphatic heterocycles. The zero-order valence-corrected chi connectivity index (χ0v) is 10.3. The van der Waals surface area contributed by atoms with Gasteiger partial charge in [0.05, 0.1) is 24.1 Å². The monoisotopic (exact) mass is 266 g/mol. The normalized spacial score (nSPS) is 16.7. The van der Waals surface area contributed by atoms with Crippen molar-refractivity contribution in [3.05, 3.63) is 23.8 Å². The van der Waals surface area contributed by atoms with Gasteiger partial charge in [0.2, 0.25) is 5.91 Å². The number of aliphatic imine (C=N–C) groups is 1. The predicted molar refractivity (Wildman–Crippen MR) is 67.6 cm³/mol. The molecular weight excluding hydrogens is 256 g/mol. The highest BCUT2D eigenvalue weighted by Gasteiger charge is 2.18. The minimum absolute atomic E-state index is 0.0311. The topological polar surface area (TPSA) is 88.0 Å². The van der Waals surface area contributed by atoms with Gasteiger partial charge in [0.15, 0.2) is 5.17 Å². The molecular formula is C11H10N2O4S. The van der Waals surface area contributed by atoms with Crippen molar-refractivity contribution < 1.29 is 19.4 Å².